The summed E-state index contributed by atoms with van der Waals surface area (Å²) < 4.78 is 10.9. The SMILES string of the molecule is CCCOCCOC(C)C(C)(C)C. The lowest BCUT2D eigenvalue weighted by atomic mass is 9.90. The molecule has 1 atom stereocenters. The van der Waals surface area contributed by atoms with Gasteiger partial charge in [-0.05, 0) is 18.8 Å². The molecule has 0 fully saturated rings. The fourth-order valence-electron chi connectivity index (χ4n) is 0.780. The molecule has 0 aliphatic heterocycles. The van der Waals surface area contributed by atoms with Gasteiger partial charge < -0.3 is 9.47 Å². The zero-order valence-corrected chi connectivity index (χ0v) is 9.72. The van der Waals surface area contributed by atoms with Crippen molar-refractivity contribution in [3.8, 4) is 0 Å². The Morgan fingerprint density at radius 2 is 1.69 bits per heavy atom. The molecule has 0 aliphatic carbocycles. The maximum absolute atomic E-state index is 5.63. The summed E-state index contributed by atoms with van der Waals surface area (Å²) >= 11 is 0. The van der Waals surface area contributed by atoms with Crippen LogP contribution < -0.4 is 0 Å². The molecule has 0 rings (SSSR count). The second-order valence-corrected chi connectivity index (χ2v) is 4.49. The monoisotopic (exact) mass is 188 g/mol. The number of rotatable bonds is 6. The normalized spacial score (nSPS) is 14.5. The minimum Gasteiger partial charge on any atom is -0.379 e. The maximum atomic E-state index is 5.63. The van der Waals surface area contributed by atoms with Crippen LogP contribution in [0.2, 0.25) is 0 Å². The van der Waals surface area contributed by atoms with Crippen molar-refractivity contribution in [2.75, 3.05) is 19.8 Å². The minimum absolute atomic E-state index is 0.227. The van der Waals surface area contributed by atoms with Crippen LogP contribution in [0, 0.1) is 5.41 Å². The zero-order valence-electron chi connectivity index (χ0n) is 9.72. The van der Waals surface area contributed by atoms with Crippen LogP contribution in [-0.4, -0.2) is 25.9 Å². The van der Waals surface area contributed by atoms with Crippen molar-refractivity contribution in [1.29, 1.82) is 0 Å². The zero-order chi connectivity index (χ0) is 10.3. The van der Waals surface area contributed by atoms with Crippen LogP contribution in [0.4, 0.5) is 0 Å². The molecule has 0 bridgehead atoms. The third kappa shape index (κ3) is 7.03. The molecule has 0 spiro atoms. The molecule has 13 heavy (non-hydrogen) atoms. The number of hydrogen-bond donors (Lipinski definition) is 0. The molecule has 80 valence electrons. The smallest absolute Gasteiger partial charge is 0.0704 e. The minimum atomic E-state index is 0.227. The highest BCUT2D eigenvalue weighted by Crippen LogP contribution is 2.21. The van der Waals surface area contributed by atoms with Gasteiger partial charge in [0.2, 0.25) is 0 Å². The van der Waals surface area contributed by atoms with Crippen LogP contribution in [-0.2, 0) is 9.47 Å². The molecule has 2 nitrogen and oxygen atoms in total. The van der Waals surface area contributed by atoms with E-state index in [-0.39, 0.29) is 11.5 Å². The van der Waals surface area contributed by atoms with Gasteiger partial charge in [-0.2, -0.15) is 0 Å². The van der Waals surface area contributed by atoms with E-state index in [2.05, 4.69) is 34.6 Å². The average molecular weight is 188 g/mol. The molecule has 0 radical (unpaired) electrons. The highest BCUT2D eigenvalue weighted by molar-refractivity contribution is 4.69. The highest BCUT2D eigenvalue weighted by Gasteiger charge is 2.19. The predicted octanol–water partition coefficient (Wildman–Crippen LogP) is 2.86. The van der Waals surface area contributed by atoms with Gasteiger partial charge in [-0.15, -0.1) is 0 Å². The first-order valence-corrected chi connectivity index (χ1v) is 5.17. The summed E-state index contributed by atoms with van der Waals surface area (Å²) in [5.41, 5.74) is 0.227. The van der Waals surface area contributed by atoms with Crippen molar-refractivity contribution >= 4 is 0 Å². The second-order valence-electron chi connectivity index (χ2n) is 4.49. The standard InChI is InChI=1S/C11H24O2/c1-6-7-12-8-9-13-10(2)11(3,4)5/h10H,6-9H2,1-5H3. The van der Waals surface area contributed by atoms with Crippen molar-refractivity contribution in [2.45, 2.75) is 47.1 Å². The summed E-state index contributed by atoms with van der Waals surface area (Å²) in [5, 5.41) is 0. The second kappa shape index (κ2) is 6.39. The average Bonchev–Trinajstić information content (AvgIpc) is 2.02. The molecule has 0 aromatic carbocycles. The summed E-state index contributed by atoms with van der Waals surface area (Å²) in [6, 6.07) is 0. The summed E-state index contributed by atoms with van der Waals surface area (Å²) in [4.78, 5) is 0. The van der Waals surface area contributed by atoms with Gasteiger partial charge in [0.25, 0.3) is 0 Å². The number of ether oxygens (including phenoxy) is 2. The third-order valence-corrected chi connectivity index (χ3v) is 2.16. The Morgan fingerprint density at radius 1 is 1.08 bits per heavy atom. The van der Waals surface area contributed by atoms with Gasteiger partial charge in [0, 0.05) is 6.61 Å². The van der Waals surface area contributed by atoms with Crippen LogP contribution in [0.25, 0.3) is 0 Å². The third-order valence-electron chi connectivity index (χ3n) is 2.16. The fourth-order valence-corrected chi connectivity index (χ4v) is 0.780. The molecule has 2 heteroatoms. The molecule has 0 amide bonds. The van der Waals surface area contributed by atoms with E-state index >= 15 is 0 Å². The summed E-state index contributed by atoms with van der Waals surface area (Å²) in [6.07, 6.45) is 1.37. The van der Waals surface area contributed by atoms with Crippen LogP contribution >= 0.6 is 0 Å². The van der Waals surface area contributed by atoms with E-state index < -0.39 is 0 Å². The van der Waals surface area contributed by atoms with Gasteiger partial charge in [0.05, 0.1) is 19.3 Å². The Labute approximate surface area is 82.6 Å². The molecule has 0 saturated carbocycles. The molecule has 0 heterocycles. The molecule has 0 saturated heterocycles. The molecule has 1 unspecified atom stereocenters. The first-order chi connectivity index (χ1) is 5.98. The van der Waals surface area contributed by atoms with Crippen molar-refractivity contribution in [3.05, 3.63) is 0 Å². The first kappa shape index (κ1) is 12.9. The molecule has 0 aromatic heterocycles. The number of hydrogen-bond acceptors (Lipinski definition) is 2. The van der Waals surface area contributed by atoms with Crippen LogP contribution in [0.5, 0.6) is 0 Å². The molecule has 0 aromatic rings. The van der Waals surface area contributed by atoms with Gasteiger partial charge in [0.15, 0.2) is 0 Å². The van der Waals surface area contributed by atoms with Crippen molar-refractivity contribution in [3.63, 3.8) is 0 Å². The van der Waals surface area contributed by atoms with Crippen molar-refractivity contribution in [2.24, 2.45) is 5.41 Å². The Bertz CT molecular complexity index is 116. The summed E-state index contributed by atoms with van der Waals surface area (Å²) in [5.74, 6) is 0. The fraction of sp³-hybridized carbons (Fsp3) is 1.00. The lowest BCUT2D eigenvalue weighted by molar-refractivity contribution is -0.0331. The molecule has 0 N–H and O–H groups in total. The van der Waals surface area contributed by atoms with Gasteiger partial charge in [-0.3, -0.25) is 0 Å². The maximum Gasteiger partial charge on any atom is 0.0704 e. The Kier molecular flexibility index (Phi) is 6.35. The van der Waals surface area contributed by atoms with Gasteiger partial charge in [0.1, 0.15) is 0 Å². The van der Waals surface area contributed by atoms with E-state index in [1.165, 1.54) is 0 Å². The molecular weight excluding hydrogens is 164 g/mol. The van der Waals surface area contributed by atoms with E-state index in [4.69, 9.17) is 9.47 Å². The lowest BCUT2D eigenvalue weighted by Crippen LogP contribution is -2.27. The van der Waals surface area contributed by atoms with Gasteiger partial charge in [-0.25, -0.2) is 0 Å². The Balaban J connectivity index is 3.32. The highest BCUT2D eigenvalue weighted by atomic mass is 16.5. The van der Waals surface area contributed by atoms with E-state index in [1.54, 1.807) is 0 Å². The van der Waals surface area contributed by atoms with Crippen molar-refractivity contribution in [1.82, 2.24) is 0 Å². The lowest BCUT2D eigenvalue weighted by Gasteiger charge is -2.27. The van der Waals surface area contributed by atoms with Gasteiger partial charge in [-0.1, -0.05) is 27.7 Å². The van der Waals surface area contributed by atoms with Crippen LogP contribution in [0.15, 0.2) is 0 Å². The van der Waals surface area contributed by atoms with Crippen molar-refractivity contribution < 1.29 is 9.47 Å². The van der Waals surface area contributed by atoms with Crippen LogP contribution in [0.3, 0.4) is 0 Å². The molecule has 0 aliphatic rings. The van der Waals surface area contributed by atoms with E-state index in [9.17, 15) is 0 Å². The van der Waals surface area contributed by atoms with E-state index in [1.807, 2.05) is 0 Å². The van der Waals surface area contributed by atoms with E-state index in [0.29, 0.717) is 13.2 Å². The first-order valence-electron chi connectivity index (χ1n) is 5.17. The largest absolute Gasteiger partial charge is 0.379 e. The predicted molar refractivity (Wildman–Crippen MR) is 56.0 cm³/mol. The quantitative estimate of drug-likeness (QED) is 0.597. The van der Waals surface area contributed by atoms with Gasteiger partial charge >= 0.3 is 0 Å². The van der Waals surface area contributed by atoms with Crippen LogP contribution in [0.1, 0.15) is 41.0 Å². The summed E-state index contributed by atoms with van der Waals surface area (Å²) in [6.45, 7) is 13.0. The Hall–Kier alpha value is -0.0800. The topological polar surface area (TPSA) is 18.5 Å². The Morgan fingerprint density at radius 3 is 2.15 bits per heavy atom. The summed E-state index contributed by atoms with van der Waals surface area (Å²) in [7, 11) is 0. The van der Waals surface area contributed by atoms with E-state index in [0.717, 1.165) is 13.0 Å². The molecular formula is C11H24O2.